The Hall–Kier alpha value is -1.77. The van der Waals surface area contributed by atoms with E-state index < -0.39 is 0 Å². The van der Waals surface area contributed by atoms with E-state index in [2.05, 4.69) is 35.9 Å². The summed E-state index contributed by atoms with van der Waals surface area (Å²) >= 11 is 0. The predicted octanol–water partition coefficient (Wildman–Crippen LogP) is 2.47. The molecule has 1 aromatic carbocycles. The Kier molecular flexibility index (Phi) is 2.62. The molecular weight excluding hydrogens is 224 g/mol. The average Bonchev–Trinajstić information content (AvgIpc) is 2.72. The van der Waals surface area contributed by atoms with Crippen molar-refractivity contribution in [2.45, 2.75) is 26.3 Å². The van der Waals surface area contributed by atoms with Crippen LogP contribution in [-0.4, -0.2) is 21.9 Å². The van der Waals surface area contributed by atoms with E-state index in [-0.39, 0.29) is 5.91 Å². The summed E-state index contributed by atoms with van der Waals surface area (Å²) in [6, 6.07) is 8.50. The number of nitrogens with zero attached hydrogens (tertiary/aromatic N) is 2. The average molecular weight is 242 g/mol. The number of aromatic nitrogens is 1. The number of para-hydroxylation sites is 1. The molecule has 3 heteroatoms. The monoisotopic (exact) mass is 242 g/mol. The summed E-state index contributed by atoms with van der Waals surface area (Å²) in [4.78, 5) is 13.8. The van der Waals surface area contributed by atoms with E-state index in [9.17, 15) is 4.79 Å². The zero-order chi connectivity index (χ0) is 12.7. The fourth-order valence-corrected chi connectivity index (χ4v) is 2.95. The zero-order valence-corrected chi connectivity index (χ0v) is 10.9. The van der Waals surface area contributed by atoms with Gasteiger partial charge in [0.25, 0.3) is 0 Å². The van der Waals surface area contributed by atoms with Crippen LogP contribution in [0, 0.1) is 0 Å². The quantitative estimate of drug-likeness (QED) is 0.754. The summed E-state index contributed by atoms with van der Waals surface area (Å²) < 4.78 is 2.24. The Morgan fingerprint density at radius 1 is 1.33 bits per heavy atom. The van der Waals surface area contributed by atoms with Gasteiger partial charge in [-0.15, -0.1) is 0 Å². The van der Waals surface area contributed by atoms with Crippen molar-refractivity contribution in [1.29, 1.82) is 0 Å². The maximum atomic E-state index is 11.8. The third-order valence-electron chi connectivity index (χ3n) is 3.97. The van der Waals surface area contributed by atoms with Gasteiger partial charge in [-0.25, -0.2) is 0 Å². The van der Waals surface area contributed by atoms with E-state index in [1.165, 1.54) is 22.2 Å². The molecule has 2 heterocycles. The first-order chi connectivity index (χ1) is 8.72. The second-order valence-electron chi connectivity index (χ2n) is 4.92. The topological polar surface area (TPSA) is 25.2 Å². The maximum Gasteiger partial charge on any atom is 0.222 e. The van der Waals surface area contributed by atoms with Crippen LogP contribution in [0.15, 0.2) is 24.3 Å². The minimum atomic E-state index is 0.255. The molecule has 2 aromatic rings. The summed E-state index contributed by atoms with van der Waals surface area (Å²) in [5, 5.41) is 1.35. The smallest absolute Gasteiger partial charge is 0.222 e. The van der Waals surface area contributed by atoms with Crippen molar-refractivity contribution in [2.24, 2.45) is 7.05 Å². The van der Waals surface area contributed by atoms with Crippen molar-refractivity contribution in [3.05, 3.63) is 35.5 Å². The predicted molar refractivity (Wildman–Crippen MR) is 72.3 cm³/mol. The largest absolute Gasteiger partial charge is 0.346 e. The van der Waals surface area contributed by atoms with Crippen molar-refractivity contribution in [3.63, 3.8) is 0 Å². The van der Waals surface area contributed by atoms with Crippen molar-refractivity contribution in [2.75, 3.05) is 6.54 Å². The van der Waals surface area contributed by atoms with Gasteiger partial charge in [0, 0.05) is 36.6 Å². The number of amides is 1. The van der Waals surface area contributed by atoms with Crippen LogP contribution in [0.2, 0.25) is 0 Å². The van der Waals surface area contributed by atoms with Crippen molar-refractivity contribution < 1.29 is 4.79 Å². The number of carbonyl (C=O) groups excluding carboxylic acids is 1. The third kappa shape index (κ3) is 1.54. The van der Waals surface area contributed by atoms with Crippen LogP contribution in [0.4, 0.5) is 0 Å². The molecule has 0 N–H and O–H groups in total. The van der Waals surface area contributed by atoms with Crippen LogP contribution >= 0.6 is 0 Å². The number of hydrogen-bond acceptors (Lipinski definition) is 1. The van der Waals surface area contributed by atoms with E-state index >= 15 is 0 Å². The first-order valence-corrected chi connectivity index (χ1v) is 6.55. The third-order valence-corrected chi connectivity index (χ3v) is 3.97. The molecule has 0 bridgehead atoms. The summed E-state index contributed by atoms with van der Waals surface area (Å²) in [6.07, 6.45) is 1.57. The van der Waals surface area contributed by atoms with Crippen molar-refractivity contribution in [1.82, 2.24) is 9.47 Å². The van der Waals surface area contributed by atoms with E-state index in [0.717, 1.165) is 19.5 Å². The molecule has 3 rings (SSSR count). The minimum absolute atomic E-state index is 0.255. The SMILES string of the molecule is CCC(=O)N1CCc2c(n(C)c3ccccc23)C1. The highest BCUT2D eigenvalue weighted by Gasteiger charge is 2.24. The molecule has 0 saturated carbocycles. The van der Waals surface area contributed by atoms with Crippen LogP contribution in [-0.2, 0) is 24.8 Å². The molecule has 0 saturated heterocycles. The number of aryl methyl sites for hydroxylation is 1. The molecule has 0 fully saturated rings. The molecular formula is C15H18N2O. The minimum Gasteiger partial charge on any atom is -0.346 e. The first kappa shape index (κ1) is 11.3. The maximum absolute atomic E-state index is 11.8. The number of benzene rings is 1. The van der Waals surface area contributed by atoms with E-state index in [1.54, 1.807) is 0 Å². The molecule has 0 unspecified atom stereocenters. The van der Waals surface area contributed by atoms with Gasteiger partial charge in [0.05, 0.1) is 6.54 Å². The van der Waals surface area contributed by atoms with E-state index in [1.807, 2.05) is 11.8 Å². The summed E-state index contributed by atoms with van der Waals surface area (Å²) in [7, 11) is 2.10. The Bertz CT molecular complexity index is 612. The number of rotatable bonds is 1. The highest BCUT2D eigenvalue weighted by atomic mass is 16.2. The first-order valence-electron chi connectivity index (χ1n) is 6.55. The molecule has 3 nitrogen and oxygen atoms in total. The van der Waals surface area contributed by atoms with Gasteiger partial charge in [0.1, 0.15) is 0 Å². The standard InChI is InChI=1S/C15H18N2O/c1-3-15(18)17-9-8-12-11-6-4-5-7-13(11)16(2)14(12)10-17/h4-7H,3,8-10H2,1-2H3. The van der Waals surface area contributed by atoms with Crippen LogP contribution in [0.3, 0.4) is 0 Å². The van der Waals surface area contributed by atoms with Gasteiger partial charge in [0.2, 0.25) is 5.91 Å². The van der Waals surface area contributed by atoms with Gasteiger partial charge < -0.3 is 9.47 Å². The van der Waals surface area contributed by atoms with Crippen LogP contribution in [0.5, 0.6) is 0 Å². The van der Waals surface area contributed by atoms with E-state index in [0.29, 0.717) is 6.42 Å². The second-order valence-corrected chi connectivity index (χ2v) is 4.92. The van der Waals surface area contributed by atoms with Gasteiger partial charge in [-0.1, -0.05) is 25.1 Å². The Labute approximate surface area is 107 Å². The van der Waals surface area contributed by atoms with Crippen molar-refractivity contribution >= 4 is 16.8 Å². The lowest BCUT2D eigenvalue weighted by molar-refractivity contribution is -0.131. The molecule has 1 aliphatic rings. The number of fused-ring (bicyclic) bond motifs is 3. The van der Waals surface area contributed by atoms with Crippen molar-refractivity contribution in [3.8, 4) is 0 Å². The number of hydrogen-bond donors (Lipinski definition) is 0. The van der Waals surface area contributed by atoms with Crippen LogP contribution in [0.25, 0.3) is 10.9 Å². The molecule has 1 aromatic heterocycles. The number of carbonyl (C=O) groups is 1. The Morgan fingerprint density at radius 3 is 2.89 bits per heavy atom. The molecule has 1 amide bonds. The van der Waals surface area contributed by atoms with Crippen LogP contribution in [0.1, 0.15) is 24.6 Å². The molecule has 0 atom stereocenters. The van der Waals surface area contributed by atoms with Gasteiger partial charge >= 0.3 is 0 Å². The molecule has 1 aliphatic heterocycles. The fourth-order valence-electron chi connectivity index (χ4n) is 2.95. The molecule has 0 aliphatic carbocycles. The van der Waals surface area contributed by atoms with Gasteiger partial charge in [-0.3, -0.25) is 4.79 Å². The van der Waals surface area contributed by atoms with Crippen LogP contribution < -0.4 is 0 Å². The second kappa shape index (κ2) is 4.16. The lowest BCUT2D eigenvalue weighted by atomic mass is 10.0. The van der Waals surface area contributed by atoms with Gasteiger partial charge in [0.15, 0.2) is 0 Å². The van der Waals surface area contributed by atoms with Gasteiger partial charge in [-0.2, -0.15) is 0 Å². The lowest BCUT2D eigenvalue weighted by Crippen LogP contribution is -2.35. The summed E-state index contributed by atoms with van der Waals surface area (Å²) in [5.74, 6) is 0.255. The molecule has 0 radical (unpaired) electrons. The van der Waals surface area contributed by atoms with E-state index in [4.69, 9.17) is 0 Å². The highest BCUT2D eigenvalue weighted by Crippen LogP contribution is 2.29. The zero-order valence-electron chi connectivity index (χ0n) is 10.9. The molecule has 18 heavy (non-hydrogen) atoms. The fraction of sp³-hybridized carbons (Fsp3) is 0.400. The normalized spacial score (nSPS) is 14.9. The summed E-state index contributed by atoms with van der Waals surface area (Å²) in [6.45, 7) is 3.54. The Morgan fingerprint density at radius 2 is 2.11 bits per heavy atom. The molecule has 94 valence electrons. The molecule has 0 spiro atoms. The lowest BCUT2D eigenvalue weighted by Gasteiger charge is -2.27. The van der Waals surface area contributed by atoms with Gasteiger partial charge in [-0.05, 0) is 18.1 Å². The Balaban J connectivity index is 2.09. The summed E-state index contributed by atoms with van der Waals surface area (Å²) in [5.41, 5.74) is 3.99. The highest BCUT2D eigenvalue weighted by molar-refractivity contribution is 5.86.